The van der Waals surface area contributed by atoms with Crippen molar-refractivity contribution in [2.75, 3.05) is 0 Å². The summed E-state index contributed by atoms with van der Waals surface area (Å²) >= 11 is 0. The smallest absolute Gasteiger partial charge is 0.347 e. The minimum Gasteiger partial charge on any atom is -0.478 e. The van der Waals surface area contributed by atoms with Crippen LogP contribution in [0.4, 0.5) is 0 Å². The number of fused-ring (bicyclic) bond motifs is 1. The predicted octanol–water partition coefficient (Wildman–Crippen LogP) is 4.60. The van der Waals surface area contributed by atoms with E-state index in [2.05, 4.69) is 35.9 Å². The fraction of sp³-hybridized carbons (Fsp3) is 0.364. The average Bonchev–Trinajstić information content (AvgIpc) is 2.98. The highest BCUT2D eigenvalue weighted by Gasteiger charge is 2.29. The summed E-state index contributed by atoms with van der Waals surface area (Å²) in [7, 11) is 0. The van der Waals surface area contributed by atoms with Crippen LogP contribution in [-0.2, 0) is 17.6 Å². The summed E-state index contributed by atoms with van der Waals surface area (Å²) in [5.74, 6) is 0.593. The number of rotatable bonds is 7. The molecule has 0 aliphatic carbocycles. The lowest BCUT2D eigenvalue weighted by atomic mass is 10.1. The van der Waals surface area contributed by atoms with Crippen molar-refractivity contribution >= 4 is 17.0 Å². The zero-order valence-electron chi connectivity index (χ0n) is 16.3. The second-order valence-corrected chi connectivity index (χ2v) is 7.55. The molecule has 0 fully saturated rings. The first-order valence-electron chi connectivity index (χ1n) is 9.22. The number of H-pyrrole nitrogens is 1. The molecule has 0 amide bonds. The highest BCUT2D eigenvalue weighted by Crippen LogP contribution is 2.21. The normalized spacial score (nSPS) is 11.7. The van der Waals surface area contributed by atoms with E-state index in [0.717, 1.165) is 36.1 Å². The van der Waals surface area contributed by atoms with E-state index in [1.54, 1.807) is 13.8 Å². The molecule has 0 radical (unpaired) electrons. The first kappa shape index (κ1) is 19.0. The number of aliphatic carboxylic acids is 1. The molecule has 2 N–H and O–H groups in total. The van der Waals surface area contributed by atoms with E-state index in [1.807, 2.05) is 24.3 Å². The van der Waals surface area contributed by atoms with Gasteiger partial charge in [-0.05, 0) is 81.5 Å². The van der Waals surface area contributed by atoms with Crippen LogP contribution in [0.25, 0.3) is 11.0 Å². The predicted molar refractivity (Wildman–Crippen MR) is 106 cm³/mol. The number of carboxylic acids is 1. The maximum Gasteiger partial charge on any atom is 0.347 e. The Hall–Kier alpha value is -2.82. The van der Waals surface area contributed by atoms with Crippen LogP contribution in [0.3, 0.4) is 0 Å². The number of hydrogen-bond acceptors (Lipinski definition) is 3. The quantitative estimate of drug-likeness (QED) is 0.641. The van der Waals surface area contributed by atoms with Gasteiger partial charge in [-0.3, -0.25) is 0 Å². The molecule has 0 bridgehead atoms. The van der Waals surface area contributed by atoms with Gasteiger partial charge in [0.1, 0.15) is 11.6 Å². The van der Waals surface area contributed by atoms with Crippen LogP contribution in [0.5, 0.6) is 5.75 Å². The molecule has 0 aliphatic heterocycles. The summed E-state index contributed by atoms with van der Waals surface area (Å²) < 4.78 is 5.53. The lowest BCUT2D eigenvalue weighted by molar-refractivity contribution is -0.152. The van der Waals surface area contributed by atoms with Crippen LogP contribution in [0.1, 0.15) is 42.8 Å². The van der Waals surface area contributed by atoms with Crippen LogP contribution < -0.4 is 4.74 Å². The fourth-order valence-corrected chi connectivity index (χ4v) is 2.96. The fourth-order valence-electron chi connectivity index (χ4n) is 2.96. The van der Waals surface area contributed by atoms with Gasteiger partial charge in [-0.1, -0.05) is 12.1 Å². The van der Waals surface area contributed by atoms with E-state index < -0.39 is 11.6 Å². The first-order valence-corrected chi connectivity index (χ1v) is 9.22. The Bertz CT molecular complexity index is 917. The van der Waals surface area contributed by atoms with Crippen molar-refractivity contribution < 1.29 is 14.6 Å². The van der Waals surface area contributed by atoms with Crippen molar-refractivity contribution in [1.29, 1.82) is 0 Å². The molecule has 5 heteroatoms. The molecule has 0 saturated heterocycles. The Labute approximate surface area is 159 Å². The lowest BCUT2D eigenvalue weighted by Crippen LogP contribution is -2.37. The van der Waals surface area contributed by atoms with E-state index in [9.17, 15) is 4.79 Å². The molecule has 0 unspecified atom stereocenters. The number of imidazole rings is 1. The number of nitrogens with one attached hydrogen (secondary N) is 1. The van der Waals surface area contributed by atoms with Crippen LogP contribution in [-0.4, -0.2) is 26.6 Å². The second kappa shape index (κ2) is 7.43. The molecule has 1 heterocycles. The molecule has 3 rings (SSSR count). The maximum atomic E-state index is 11.1. The number of benzene rings is 2. The zero-order chi connectivity index (χ0) is 19.6. The number of nitrogens with zero attached hydrogens (tertiary/aromatic N) is 1. The van der Waals surface area contributed by atoms with Crippen molar-refractivity contribution in [3.63, 3.8) is 0 Å². The standard InChI is InChI=1S/C22H26N2O3/c1-14-12-18-19(13-15(14)2)24-20(23-18)7-5-6-16-8-10-17(11-9-16)27-22(3,4)21(25)26/h8-13H,5-7H2,1-4H3,(H,23,24)(H,25,26). The first-order chi connectivity index (χ1) is 12.7. The van der Waals surface area contributed by atoms with Crippen molar-refractivity contribution in [2.24, 2.45) is 0 Å². The minimum atomic E-state index is -1.24. The van der Waals surface area contributed by atoms with Crippen LogP contribution in [0.2, 0.25) is 0 Å². The Kier molecular flexibility index (Phi) is 5.22. The van der Waals surface area contributed by atoms with E-state index in [1.165, 1.54) is 16.7 Å². The third-order valence-corrected chi connectivity index (χ3v) is 4.84. The number of aryl methyl sites for hydroxylation is 4. The van der Waals surface area contributed by atoms with Gasteiger partial charge in [-0.2, -0.15) is 0 Å². The number of aromatic amines is 1. The molecule has 5 nitrogen and oxygen atoms in total. The Balaban J connectivity index is 1.57. The lowest BCUT2D eigenvalue weighted by Gasteiger charge is -2.21. The monoisotopic (exact) mass is 366 g/mol. The maximum absolute atomic E-state index is 11.1. The molecule has 27 heavy (non-hydrogen) atoms. The third kappa shape index (κ3) is 4.48. The van der Waals surface area contributed by atoms with Crippen molar-refractivity contribution in [3.8, 4) is 5.75 Å². The third-order valence-electron chi connectivity index (χ3n) is 4.84. The molecule has 1 aromatic heterocycles. The Morgan fingerprint density at radius 1 is 1.11 bits per heavy atom. The molecular formula is C22H26N2O3. The molecular weight excluding hydrogens is 340 g/mol. The molecule has 0 aliphatic rings. The van der Waals surface area contributed by atoms with Crippen molar-refractivity contribution in [2.45, 2.75) is 52.6 Å². The topological polar surface area (TPSA) is 75.2 Å². The molecule has 142 valence electrons. The van der Waals surface area contributed by atoms with E-state index in [4.69, 9.17) is 9.84 Å². The van der Waals surface area contributed by atoms with Gasteiger partial charge < -0.3 is 14.8 Å². The molecule has 2 aromatic carbocycles. The van der Waals surface area contributed by atoms with E-state index in [-0.39, 0.29) is 0 Å². The summed E-state index contributed by atoms with van der Waals surface area (Å²) in [6.07, 6.45) is 2.80. The van der Waals surface area contributed by atoms with Gasteiger partial charge in [0, 0.05) is 6.42 Å². The van der Waals surface area contributed by atoms with Gasteiger partial charge >= 0.3 is 5.97 Å². The summed E-state index contributed by atoms with van der Waals surface area (Å²) in [5, 5.41) is 9.13. The van der Waals surface area contributed by atoms with Crippen LogP contribution in [0.15, 0.2) is 36.4 Å². The highest BCUT2D eigenvalue weighted by molar-refractivity contribution is 5.77. The second-order valence-electron chi connectivity index (χ2n) is 7.55. The number of hydrogen-bond donors (Lipinski definition) is 2. The molecule has 0 saturated carbocycles. The van der Waals surface area contributed by atoms with Gasteiger partial charge in [0.15, 0.2) is 5.60 Å². The molecule has 3 aromatic rings. The minimum absolute atomic E-state index is 0.564. The average molecular weight is 366 g/mol. The van der Waals surface area contributed by atoms with Gasteiger partial charge in [0.2, 0.25) is 0 Å². The number of aromatic nitrogens is 2. The summed E-state index contributed by atoms with van der Waals surface area (Å²) in [5.41, 5.74) is 4.60. The van der Waals surface area contributed by atoms with Gasteiger partial charge in [-0.15, -0.1) is 0 Å². The van der Waals surface area contributed by atoms with Crippen LogP contribution >= 0.6 is 0 Å². The Morgan fingerprint density at radius 2 is 1.78 bits per heavy atom. The summed E-state index contributed by atoms with van der Waals surface area (Å²) in [6.45, 7) is 7.30. The number of ether oxygens (including phenoxy) is 1. The van der Waals surface area contributed by atoms with Gasteiger partial charge in [0.05, 0.1) is 11.0 Å². The number of carbonyl (C=O) groups is 1. The van der Waals surface area contributed by atoms with Gasteiger partial charge in [-0.25, -0.2) is 9.78 Å². The molecule has 0 atom stereocenters. The SMILES string of the molecule is Cc1cc2nc(CCCc3ccc(OC(C)(C)C(=O)O)cc3)[nH]c2cc1C. The number of carboxylic acid groups (broad SMARTS) is 1. The van der Waals surface area contributed by atoms with Gasteiger partial charge in [0.25, 0.3) is 0 Å². The van der Waals surface area contributed by atoms with E-state index >= 15 is 0 Å². The molecule has 0 spiro atoms. The summed E-state index contributed by atoms with van der Waals surface area (Å²) in [4.78, 5) is 19.2. The zero-order valence-corrected chi connectivity index (χ0v) is 16.3. The van der Waals surface area contributed by atoms with Crippen LogP contribution in [0, 0.1) is 13.8 Å². The summed E-state index contributed by atoms with van der Waals surface area (Å²) in [6, 6.07) is 11.9. The highest BCUT2D eigenvalue weighted by atomic mass is 16.5. The van der Waals surface area contributed by atoms with Crippen molar-refractivity contribution in [3.05, 3.63) is 58.9 Å². The van der Waals surface area contributed by atoms with E-state index in [0.29, 0.717) is 5.75 Å². The van der Waals surface area contributed by atoms with Crippen molar-refractivity contribution in [1.82, 2.24) is 9.97 Å². The largest absolute Gasteiger partial charge is 0.478 e. The Morgan fingerprint density at radius 3 is 2.44 bits per heavy atom.